The lowest BCUT2D eigenvalue weighted by molar-refractivity contribution is -0.134. The predicted molar refractivity (Wildman–Crippen MR) is 152 cm³/mol. The molecule has 1 fully saturated rings. The van der Waals surface area contributed by atoms with Crippen LogP contribution >= 0.6 is 0 Å². The molecule has 3 unspecified atom stereocenters. The third kappa shape index (κ3) is 3.28. The van der Waals surface area contributed by atoms with Gasteiger partial charge in [-0.2, -0.15) is 0 Å². The average Bonchev–Trinajstić information content (AvgIpc) is 3.29. The standard InChI is InChI=1S/C32H31N5O3/c1-33-26-9-4-3-8-24(26)32(40)35-14-13-23-22-7-2-5-10-27(22)37(30(23)31(33)35)19-29(39)34-16-20-15-21(18-34)25-11-6-12-28(38)36(25)17-20/h2-12,20-21,31H,13-19H2,1H3. The number of amides is 2. The van der Waals surface area contributed by atoms with Crippen LogP contribution in [0.15, 0.2) is 71.5 Å². The van der Waals surface area contributed by atoms with Gasteiger partial charge in [0.05, 0.1) is 16.9 Å². The van der Waals surface area contributed by atoms with Gasteiger partial charge in [0, 0.05) is 61.8 Å². The number of para-hydroxylation sites is 2. The highest BCUT2D eigenvalue weighted by Crippen LogP contribution is 2.44. The number of fused-ring (bicyclic) bond motifs is 10. The number of benzene rings is 2. The molecule has 0 aliphatic carbocycles. The maximum atomic E-state index is 14.1. The van der Waals surface area contributed by atoms with E-state index in [1.165, 1.54) is 5.56 Å². The molecule has 0 N–H and O–H groups in total. The molecule has 4 aliphatic heterocycles. The number of piperidine rings is 1. The van der Waals surface area contributed by atoms with Crippen molar-refractivity contribution in [2.45, 2.75) is 38.0 Å². The van der Waals surface area contributed by atoms with E-state index in [1.54, 1.807) is 6.07 Å². The fraction of sp³-hybridized carbons (Fsp3) is 0.344. The number of pyridine rings is 1. The van der Waals surface area contributed by atoms with Crippen molar-refractivity contribution >= 4 is 28.4 Å². The van der Waals surface area contributed by atoms with Gasteiger partial charge in [-0.1, -0.05) is 36.4 Å². The third-order valence-corrected chi connectivity index (χ3v) is 9.53. The van der Waals surface area contributed by atoms with Crippen molar-refractivity contribution in [3.05, 3.63) is 99.6 Å². The van der Waals surface area contributed by atoms with Crippen LogP contribution in [-0.4, -0.2) is 57.4 Å². The zero-order valence-electron chi connectivity index (χ0n) is 22.5. The molecule has 6 heterocycles. The highest BCUT2D eigenvalue weighted by molar-refractivity contribution is 6.02. The summed E-state index contributed by atoms with van der Waals surface area (Å²) in [6, 6.07) is 21.6. The van der Waals surface area contributed by atoms with Crippen molar-refractivity contribution in [3.8, 4) is 0 Å². The molecule has 3 atom stereocenters. The molecule has 40 heavy (non-hydrogen) atoms. The van der Waals surface area contributed by atoms with Crippen LogP contribution in [0.2, 0.25) is 0 Å². The van der Waals surface area contributed by atoms with Gasteiger partial charge in [0.1, 0.15) is 12.7 Å². The second kappa shape index (κ2) is 8.58. The van der Waals surface area contributed by atoms with E-state index in [4.69, 9.17) is 0 Å². The Balaban J connectivity index is 1.18. The summed E-state index contributed by atoms with van der Waals surface area (Å²) in [7, 11) is 2.05. The van der Waals surface area contributed by atoms with Crippen LogP contribution in [0, 0.1) is 5.92 Å². The van der Waals surface area contributed by atoms with Gasteiger partial charge >= 0.3 is 0 Å². The summed E-state index contributed by atoms with van der Waals surface area (Å²) in [5.41, 5.74) is 6.05. The molecular weight excluding hydrogens is 502 g/mol. The summed E-state index contributed by atoms with van der Waals surface area (Å²) in [6.07, 6.45) is 1.50. The Bertz CT molecular complexity index is 1770. The summed E-state index contributed by atoms with van der Waals surface area (Å²) in [5.74, 6) is 0.590. The highest BCUT2D eigenvalue weighted by Gasteiger charge is 2.43. The van der Waals surface area contributed by atoms with Crippen molar-refractivity contribution in [3.63, 3.8) is 0 Å². The Labute approximate surface area is 232 Å². The summed E-state index contributed by atoms with van der Waals surface area (Å²) in [5, 5.41) is 1.16. The van der Waals surface area contributed by atoms with Gasteiger partial charge in [0.25, 0.3) is 11.5 Å². The van der Waals surface area contributed by atoms with Gasteiger partial charge in [-0.3, -0.25) is 14.4 Å². The number of carbonyl (C=O) groups excluding carboxylic acids is 2. The molecule has 0 spiro atoms. The zero-order chi connectivity index (χ0) is 27.1. The zero-order valence-corrected chi connectivity index (χ0v) is 22.5. The van der Waals surface area contributed by atoms with Gasteiger partial charge in [-0.15, -0.1) is 0 Å². The molecule has 4 aromatic rings. The van der Waals surface area contributed by atoms with Crippen LogP contribution in [0.25, 0.3) is 10.9 Å². The number of aromatic nitrogens is 2. The van der Waals surface area contributed by atoms with Gasteiger partial charge in [0.2, 0.25) is 5.91 Å². The Morgan fingerprint density at radius 1 is 0.925 bits per heavy atom. The van der Waals surface area contributed by atoms with E-state index < -0.39 is 0 Å². The lowest BCUT2D eigenvalue weighted by Gasteiger charge is -2.47. The van der Waals surface area contributed by atoms with Crippen LogP contribution in [0.1, 0.15) is 45.8 Å². The van der Waals surface area contributed by atoms with Gasteiger partial charge in [0.15, 0.2) is 0 Å². The first-order valence-corrected chi connectivity index (χ1v) is 14.2. The van der Waals surface area contributed by atoms with Crippen molar-refractivity contribution in [1.82, 2.24) is 18.9 Å². The second-order valence-electron chi connectivity index (χ2n) is 11.7. The molecule has 202 valence electrons. The van der Waals surface area contributed by atoms with Crippen LogP contribution in [-0.2, 0) is 24.3 Å². The minimum atomic E-state index is -0.272. The average molecular weight is 534 g/mol. The Morgan fingerprint density at radius 2 is 1.75 bits per heavy atom. The smallest absolute Gasteiger partial charge is 0.257 e. The van der Waals surface area contributed by atoms with E-state index in [2.05, 4.69) is 27.7 Å². The first-order valence-electron chi connectivity index (χ1n) is 14.2. The topological polar surface area (TPSA) is 70.8 Å². The van der Waals surface area contributed by atoms with E-state index >= 15 is 0 Å². The van der Waals surface area contributed by atoms with Crippen molar-refractivity contribution in [2.75, 3.05) is 31.6 Å². The number of nitrogens with zero attached hydrogens (tertiary/aromatic N) is 5. The number of likely N-dealkylation sites (tertiary alicyclic amines) is 1. The largest absolute Gasteiger partial charge is 0.349 e. The molecule has 8 heteroatoms. The van der Waals surface area contributed by atoms with E-state index in [0.717, 1.165) is 46.4 Å². The summed E-state index contributed by atoms with van der Waals surface area (Å²) < 4.78 is 4.07. The summed E-state index contributed by atoms with van der Waals surface area (Å²) in [6.45, 7) is 2.83. The van der Waals surface area contributed by atoms with Crippen molar-refractivity contribution in [2.24, 2.45) is 5.92 Å². The van der Waals surface area contributed by atoms with E-state index in [9.17, 15) is 14.4 Å². The molecule has 1 saturated heterocycles. The molecule has 2 bridgehead atoms. The molecule has 0 saturated carbocycles. The van der Waals surface area contributed by atoms with Gasteiger partial charge in [-0.05, 0) is 48.6 Å². The fourth-order valence-electron chi connectivity index (χ4n) is 7.81. The quantitative estimate of drug-likeness (QED) is 0.395. The maximum Gasteiger partial charge on any atom is 0.257 e. The van der Waals surface area contributed by atoms with E-state index in [0.29, 0.717) is 26.2 Å². The lowest BCUT2D eigenvalue weighted by Crippen LogP contribution is -2.52. The van der Waals surface area contributed by atoms with Gasteiger partial charge in [-0.25, -0.2) is 0 Å². The molecule has 8 rings (SSSR count). The van der Waals surface area contributed by atoms with Crippen molar-refractivity contribution < 1.29 is 9.59 Å². The van der Waals surface area contributed by atoms with Crippen LogP contribution in [0.3, 0.4) is 0 Å². The van der Waals surface area contributed by atoms with Crippen LogP contribution < -0.4 is 10.5 Å². The van der Waals surface area contributed by atoms with Gasteiger partial charge < -0.3 is 23.8 Å². The fourth-order valence-corrected chi connectivity index (χ4v) is 7.81. The third-order valence-electron chi connectivity index (χ3n) is 9.53. The number of anilines is 1. The number of carbonyl (C=O) groups is 2. The molecule has 2 amide bonds. The molecule has 8 nitrogen and oxygen atoms in total. The maximum absolute atomic E-state index is 14.1. The van der Waals surface area contributed by atoms with Crippen LogP contribution in [0.4, 0.5) is 5.69 Å². The Morgan fingerprint density at radius 3 is 2.65 bits per heavy atom. The van der Waals surface area contributed by atoms with E-state index in [-0.39, 0.29) is 41.9 Å². The molecule has 2 aromatic heterocycles. The minimum Gasteiger partial charge on any atom is -0.349 e. The highest BCUT2D eigenvalue weighted by atomic mass is 16.2. The normalized spacial score (nSPS) is 23.0. The lowest BCUT2D eigenvalue weighted by atomic mass is 9.83. The second-order valence-corrected chi connectivity index (χ2v) is 11.7. The monoisotopic (exact) mass is 533 g/mol. The summed E-state index contributed by atoms with van der Waals surface area (Å²) in [4.78, 5) is 46.3. The number of hydrogen-bond acceptors (Lipinski definition) is 4. The SMILES string of the molecule is CN1c2ccccc2C(=O)N2CCc3c(n(CC(=O)N4CC5CC(C4)c4cccc(=O)n4C5)c4ccccc34)C21. The Kier molecular flexibility index (Phi) is 5.05. The van der Waals surface area contributed by atoms with E-state index in [1.807, 2.05) is 63.9 Å². The number of hydrogen-bond donors (Lipinski definition) is 0. The molecule has 4 aliphatic rings. The van der Waals surface area contributed by atoms with Crippen molar-refractivity contribution in [1.29, 1.82) is 0 Å². The molecule has 0 radical (unpaired) electrons. The minimum absolute atomic E-state index is 0.0465. The first kappa shape index (κ1) is 23.5. The first-order chi connectivity index (χ1) is 19.5. The number of rotatable bonds is 2. The predicted octanol–water partition coefficient (Wildman–Crippen LogP) is 3.60. The van der Waals surface area contributed by atoms with Crippen LogP contribution in [0.5, 0.6) is 0 Å². The Hall–Kier alpha value is -4.33. The molecule has 2 aromatic carbocycles. The molecular formula is C32H31N5O3. The summed E-state index contributed by atoms with van der Waals surface area (Å²) >= 11 is 0.